The highest BCUT2D eigenvalue weighted by Gasteiger charge is 2.31. The molecule has 170 valence electrons. The molecule has 0 aliphatic carbocycles. The van der Waals surface area contributed by atoms with Crippen LogP contribution in [0.1, 0.15) is 37.3 Å². The van der Waals surface area contributed by atoms with Gasteiger partial charge in [0.05, 0.1) is 5.41 Å². The van der Waals surface area contributed by atoms with Crippen molar-refractivity contribution < 1.29 is 4.52 Å². The normalized spacial score (nSPS) is 14.8. The molecule has 34 heavy (non-hydrogen) atoms. The van der Waals surface area contributed by atoms with Gasteiger partial charge in [-0.3, -0.25) is 4.98 Å². The fourth-order valence-electron chi connectivity index (χ4n) is 4.29. The van der Waals surface area contributed by atoms with E-state index in [0.29, 0.717) is 11.7 Å². The molecule has 0 bridgehead atoms. The summed E-state index contributed by atoms with van der Waals surface area (Å²) in [4.78, 5) is 11.3. The largest absolute Gasteiger partial charge is 0.338 e. The molecule has 0 radical (unpaired) electrons. The lowest BCUT2D eigenvalue weighted by Gasteiger charge is -2.28. The van der Waals surface area contributed by atoms with Crippen LogP contribution in [0, 0.1) is 0 Å². The van der Waals surface area contributed by atoms with Gasteiger partial charge in [-0.2, -0.15) is 10.1 Å². The number of fused-ring (bicyclic) bond motifs is 1. The summed E-state index contributed by atoms with van der Waals surface area (Å²) in [6.45, 7) is 7.63. The Hall–Kier alpha value is -4.13. The van der Waals surface area contributed by atoms with Gasteiger partial charge in [0, 0.05) is 49.4 Å². The van der Waals surface area contributed by atoms with Gasteiger partial charge in [-0.1, -0.05) is 41.6 Å². The van der Waals surface area contributed by atoms with E-state index in [4.69, 9.17) is 4.52 Å². The van der Waals surface area contributed by atoms with Crippen molar-refractivity contribution in [1.82, 2.24) is 15.1 Å². The highest BCUT2D eigenvalue weighted by molar-refractivity contribution is 6.00. The van der Waals surface area contributed by atoms with E-state index in [9.17, 15) is 0 Å². The Morgan fingerprint density at radius 1 is 0.971 bits per heavy atom. The molecule has 0 spiro atoms. The Balaban J connectivity index is 1.46. The van der Waals surface area contributed by atoms with Crippen LogP contribution in [0.15, 0.2) is 81.7 Å². The van der Waals surface area contributed by atoms with Crippen molar-refractivity contribution in [3.8, 4) is 22.5 Å². The zero-order valence-electron chi connectivity index (χ0n) is 19.6. The molecule has 0 saturated heterocycles. The lowest BCUT2D eigenvalue weighted by atomic mass is 9.84. The van der Waals surface area contributed by atoms with Crippen molar-refractivity contribution in [2.75, 3.05) is 11.9 Å². The molecular weight excluding hydrogens is 424 g/mol. The fourth-order valence-corrected chi connectivity index (χ4v) is 4.29. The lowest BCUT2D eigenvalue weighted by Crippen LogP contribution is -2.31. The standard InChI is InChI=1S/C27H26N6O/c1-27(2,26-30-25(32-34-26)18-8-6-5-7-9-18)22-15-21(16-29-17-22)19-10-12-23-20(14-19)11-13-24(31-28-3)33(23)4/h5-10,12,14-17H,3,11,13H2,1-2,4H3/b31-24-. The van der Waals surface area contributed by atoms with Crippen LogP contribution in [0.2, 0.25) is 0 Å². The molecule has 0 saturated carbocycles. The summed E-state index contributed by atoms with van der Waals surface area (Å²) in [5.41, 5.74) is 6.02. The number of rotatable bonds is 5. The maximum Gasteiger partial charge on any atom is 0.237 e. The second-order valence-electron chi connectivity index (χ2n) is 8.94. The Kier molecular flexibility index (Phi) is 5.53. The van der Waals surface area contributed by atoms with E-state index in [1.54, 1.807) is 0 Å². The van der Waals surface area contributed by atoms with Gasteiger partial charge in [-0.05, 0) is 55.2 Å². The van der Waals surface area contributed by atoms with Gasteiger partial charge in [-0.25, -0.2) is 0 Å². The molecule has 4 aromatic rings. The molecular formula is C27H26N6O. The molecule has 7 nitrogen and oxygen atoms in total. The number of aromatic nitrogens is 3. The summed E-state index contributed by atoms with van der Waals surface area (Å²) in [7, 11) is 2.01. The number of nitrogens with zero attached hydrogens (tertiary/aromatic N) is 6. The van der Waals surface area contributed by atoms with Crippen molar-refractivity contribution in [2.24, 2.45) is 10.2 Å². The Bertz CT molecular complexity index is 1370. The summed E-state index contributed by atoms with van der Waals surface area (Å²) in [5, 5.41) is 12.1. The van der Waals surface area contributed by atoms with Gasteiger partial charge >= 0.3 is 0 Å². The third kappa shape index (κ3) is 3.90. The zero-order valence-corrected chi connectivity index (χ0v) is 19.6. The number of amidine groups is 1. The monoisotopic (exact) mass is 450 g/mol. The maximum absolute atomic E-state index is 5.68. The second-order valence-corrected chi connectivity index (χ2v) is 8.94. The van der Waals surface area contributed by atoms with Crippen molar-refractivity contribution in [2.45, 2.75) is 32.1 Å². The topological polar surface area (TPSA) is 79.8 Å². The smallest absolute Gasteiger partial charge is 0.237 e. The Labute approximate surface area is 198 Å². The summed E-state index contributed by atoms with van der Waals surface area (Å²) in [6.07, 6.45) is 5.50. The van der Waals surface area contributed by atoms with Crippen LogP contribution >= 0.6 is 0 Å². The maximum atomic E-state index is 5.68. The average molecular weight is 451 g/mol. The van der Waals surface area contributed by atoms with E-state index in [2.05, 4.69) is 75.1 Å². The molecule has 0 N–H and O–H groups in total. The summed E-state index contributed by atoms with van der Waals surface area (Å²) >= 11 is 0. The summed E-state index contributed by atoms with van der Waals surface area (Å²) < 4.78 is 5.68. The van der Waals surface area contributed by atoms with E-state index in [1.807, 2.05) is 49.8 Å². The van der Waals surface area contributed by atoms with E-state index < -0.39 is 5.41 Å². The third-order valence-corrected chi connectivity index (χ3v) is 6.42. The predicted molar refractivity (Wildman–Crippen MR) is 135 cm³/mol. The van der Waals surface area contributed by atoms with Gasteiger partial charge in [-0.15, -0.1) is 5.10 Å². The minimum absolute atomic E-state index is 0.499. The number of hydrogen-bond donors (Lipinski definition) is 0. The molecule has 0 amide bonds. The van der Waals surface area contributed by atoms with Crippen molar-refractivity contribution >= 4 is 18.2 Å². The van der Waals surface area contributed by atoms with Crippen molar-refractivity contribution in [3.63, 3.8) is 0 Å². The van der Waals surface area contributed by atoms with Crippen LogP contribution in [0.5, 0.6) is 0 Å². The van der Waals surface area contributed by atoms with Gasteiger partial charge in [0.15, 0.2) is 0 Å². The molecule has 3 heterocycles. The number of aryl methyl sites for hydroxylation is 1. The third-order valence-electron chi connectivity index (χ3n) is 6.42. The molecule has 2 aromatic carbocycles. The minimum atomic E-state index is -0.499. The van der Waals surface area contributed by atoms with E-state index in [1.165, 1.54) is 5.56 Å². The fraction of sp³-hybridized carbons (Fsp3) is 0.222. The van der Waals surface area contributed by atoms with Crippen LogP contribution in [0.4, 0.5) is 5.69 Å². The van der Waals surface area contributed by atoms with Crippen LogP contribution < -0.4 is 4.90 Å². The van der Waals surface area contributed by atoms with Crippen LogP contribution in [-0.4, -0.2) is 34.7 Å². The van der Waals surface area contributed by atoms with Gasteiger partial charge in [0.1, 0.15) is 5.84 Å². The van der Waals surface area contributed by atoms with Crippen LogP contribution in [0.25, 0.3) is 22.5 Å². The van der Waals surface area contributed by atoms with Crippen molar-refractivity contribution in [1.29, 1.82) is 0 Å². The number of benzene rings is 2. The molecule has 1 aliphatic heterocycles. The number of anilines is 1. The quantitative estimate of drug-likeness (QED) is 0.295. The van der Waals surface area contributed by atoms with Crippen LogP contribution in [0.3, 0.4) is 0 Å². The van der Waals surface area contributed by atoms with Crippen LogP contribution in [-0.2, 0) is 11.8 Å². The molecule has 0 atom stereocenters. The average Bonchev–Trinajstić information content (AvgIpc) is 3.38. The first-order chi connectivity index (χ1) is 16.5. The SMILES string of the molecule is C=N/N=C1/CCc2cc(-c3cncc(C(C)(C)c4nc(-c5ccccc5)no4)c3)ccc2N1C. The predicted octanol–water partition coefficient (Wildman–Crippen LogP) is 5.52. The first kappa shape index (κ1) is 21.7. The molecule has 1 aliphatic rings. The van der Waals surface area contributed by atoms with Gasteiger partial charge in [0.25, 0.3) is 0 Å². The summed E-state index contributed by atoms with van der Waals surface area (Å²) in [5.74, 6) is 2.07. The molecule has 0 unspecified atom stereocenters. The first-order valence-electron chi connectivity index (χ1n) is 11.2. The molecule has 7 heteroatoms. The Morgan fingerprint density at radius 2 is 1.79 bits per heavy atom. The molecule has 2 aromatic heterocycles. The highest BCUT2D eigenvalue weighted by Crippen LogP contribution is 2.35. The van der Waals surface area contributed by atoms with Gasteiger partial charge < -0.3 is 9.42 Å². The molecule has 5 rings (SSSR count). The zero-order chi connectivity index (χ0) is 23.7. The van der Waals surface area contributed by atoms with E-state index in [0.717, 1.165) is 46.6 Å². The summed E-state index contributed by atoms with van der Waals surface area (Å²) in [6, 6.07) is 18.5. The number of hydrogen-bond acceptors (Lipinski definition) is 6. The Morgan fingerprint density at radius 3 is 2.59 bits per heavy atom. The van der Waals surface area contributed by atoms with E-state index >= 15 is 0 Å². The van der Waals surface area contributed by atoms with Gasteiger partial charge in [0.2, 0.25) is 11.7 Å². The first-order valence-corrected chi connectivity index (χ1v) is 11.2. The second kappa shape index (κ2) is 8.67. The highest BCUT2D eigenvalue weighted by atomic mass is 16.5. The van der Waals surface area contributed by atoms with Crippen molar-refractivity contribution in [3.05, 3.63) is 84.0 Å². The lowest BCUT2D eigenvalue weighted by molar-refractivity contribution is 0.332. The number of pyridine rings is 1. The minimum Gasteiger partial charge on any atom is -0.338 e. The van der Waals surface area contributed by atoms with E-state index in [-0.39, 0.29) is 0 Å². The molecule has 0 fully saturated rings.